The molecule has 1 saturated carbocycles. The SMILES string of the molecule is CS(=O)(=O)c1cccc(-c2ccc3nc(Cc4nnc(CC(=O)NC5(C#N)CC5)o4)sc3c2)c1. The molecule has 0 unspecified atom stereocenters. The van der Waals surface area contributed by atoms with Gasteiger partial charge in [0.05, 0.1) is 27.6 Å². The summed E-state index contributed by atoms with van der Waals surface area (Å²) in [5.41, 5.74) is 1.79. The van der Waals surface area contributed by atoms with Crippen LogP contribution in [-0.4, -0.2) is 41.3 Å². The molecule has 1 amide bonds. The first-order valence-corrected chi connectivity index (χ1v) is 13.2. The van der Waals surface area contributed by atoms with Crippen molar-refractivity contribution >= 4 is 37.3 Å². The van der Waals surface area contributed by atoms with Gasteiger partial charge in [-0.1, -0.05) is 18.2 Å². The Morgan fingerprint density at radius 3 is 2.68 bits per heavy atom. The number of hydrogen-bond donors (Lipinski definition) is 1. The van der Waals surface area contributed by atoms with E-state index in [1.54, 1.807) is 18.2 Å². The van der Waals surface area contributed by atoms with Crippen molar-refractivity contribution < 1.29 is 17.6 Å². The molecule has 0 spiro atoms. The second-order valence-corrected chi connectivity index (χ2v) is 11.4. The quantitative estimate of drug-likeness (QED) is 0.414. The molecule has 0 atom stereocenters. The lowest BCUT2D eigenvalue weighted by atomic mass is 10.1. The molecule has 1 aliphatic rings. The summed E-state index contributed by atoms with van der Waals surface area (Å²) in [6.07, 6.45) is 2.76. The zero-order valence-electron chi connectivity index (χ0n) is 18.1. The minimum absolute atomic E-state index is 0.0772. The Balaban J connectivity index is 1.30. The first kappa shape index (κ1) is 22.2. The summed E-state index contributed by atoms with van der Waals surface area (Å²) in [5.74, 6) is 0.224. The molecule has 9 nitrogen and oxygen atoms in total. The van der Waals surface area contributed by atoms with E-state index in [4.69, 9.17) is 9.68 Å². The number of carbonyl (C=O) groups excluding carboxylic acids is 1. The number of benzene rings is 2. The maximum Gasteiger partial charge on any atom is 0.230 e. The number of sulfone groups is 1. The van der Waals surface area contributed by atoms with Gasteiger partial charge in [0.15, 0.2) is 9.84 Å². The largest absolute Gasteiger partial charge is 0.424 e. The van der Waals surface area contributed by atoms with E-state index in [9.17, 15) is 13.2 Å². The summed E-state index contributed by atoms with van der Waals surface area (Å²) in [5, 5.41) is 20.5. The number of fused-ring (bicyclic) bond motifs is 1. The van der Waals surface area contributed by atoms with Gasteiger partial charge < -0.3 is 9.73 Å². The highest BCUT2D eigenvalue weighted by Crippen LogP contribution is 2.34. The van der Waals surface area contributed by atoms with Gasteiger partial charge in [-0.3, -0.25) is 4.79 Å². The van der Waals surface area contributed by atoms with Crippen molar-refractivity contribution in [3.63, 3.8) is 0 Å². The van der Waals surface area contributed by atoms with E-state index in [2.05, 4.69) is 26.6 Å². The van der Waals surface area contributed by atoms with E-state index in [0.29, 0.717) is 25.2 Å². The molecule has 1 fully saturated rings. The van der Waals surface area contributed by atoms with Crippen molar-refractivity contribution in [2.24, 2.45) is 0 Å². The number of rotatable bonds is 7. The minimum Gasteiger partial charge on any atom is -0.424 e. The third-order valence-corrected chi connectivity index (χ3v) is 7.62. The Labute approximate surface area is 199 Å². The molecule has 0 aliphatic heterocycles. The molecule has 2 heterocycles. The lowest BCUT2D eigenvalue weighted by molar-refractivity contribution is -0.121. The lowest BCUT2D eigenvalue weighted by Crippen LogP contribution is -2.36. The van der Waals surface area contributed by atoms with Gasteiger partial charge in [-0.2, -0.15) is 5.26 Å². The molecule has 2 aromatic carbocycles. The van der Waals surface area contributed by atoms with E-state index < -0.39 is 15.4 Å². The predicted octanol–water partition coefficient (Wildman–Crippen LogP) is 3.06. The van der Waals surface area contributed by atoms with Crippen molar-refractivity contribution in [1.82, 2.24) is 20.5 Å². The number of thiazole rings is 1. The van der Waals surface area contributed by atoms with Gasteiger partial charge in [-0.05, 0) is 48.2 Å². The van der Waals surface area contributed by atoms with Crippen LogP contribution in [0.2, 0.25) is 0 Å². The van der Waals surface area contributed by atoms with E-state index in [-0.39, 0.29) is 23.1 Å². The lowest BCUT2D eigenvalue weighted by Gasteiger charge is -2.06. The standard InChI is InChI=1S/C23H19N5O4S2/c1-34(30,31)16-4-2-3-14(9-16)15-5-6-17-18(10-15)33-22(25-17)12-21-28-27-20(32-21)11-19(29)26-23(13-24)7-8-23/h2-6,9-10H,7-8,11-12H2,1H3,(H,26,29). The Hall–Kier alpha value is -3.62. The zero-order chi connectivity index (χ0) is 23.9. The van der Waals surface area contributed by atoms with Gasteiger partial charge in [0.25, 0.3) is 0 Å². The third kappa shape index (κ3) is 4.69. The Morgan fingerprint density at radius 2 is 1.94 bits per heavy atom. The molecule has 1 aliphatic carbocycles. The molecule has 1 N–H and O–H groups in total. The Morgan fingerprint density at radius 1 is 1.18 bits per heavy atom. The van der Waals surface area contributed by atoms with Crippen LogP contribution in [0.15, 0.2) is 51.8 Å². The first-order chi connectivity index (χ1) is 16.2. The summed E-state index contributed by atoms with van der Waals surface area (Å²) in [4.78, 5) is 17.0. The maximum atomic E-state index is 12.1. The van der Waals surface area contributed by atoms with Gasteiger partial charge in [0, 0.05) is 6.26 Å². The maximum absolute atomic E-state index is 12.1. The van der Waals surface area contributed by atoms with E-state index >= 15 is 0 Å². The number of carbonyl (C=O) groups is 1. The van der Waals surface area contributed by atoms with Gasteiger partial charge in [-0.15, -0.1) is 21.5 Å². The van der Waals surface area contributed by atoms with Crippen molar-refractivity contribution in [2.45, 2.75) is 36.1 Å². The number of nitriles is 1. The predicted molar refractivity (Wildman–Crippen MR) is 125 cm³/mol. The summed E-state index contributed by atoms with van der Waals surface area (Å²) < 4.78 is 30.3. The van der Waals surface area contributed by atoms with Crippen molar-refractivity contribution in [3.05, 3.63) is 59.3 Å². The fourth-order valence-corrected chi connectivity index (χ4v) is 5.20. The third-order valence-electron chi connectivity index (χ3n) is 5.49. The average Bonchev–Trinajstić information content (AvgIpc) is 3.24. The highest BCUT2D eigenvalue weighted by atomic mass is 32.2. The number of amides is 1. The average molecular weight is 494 g/mol. The molecule has 172 valence electrons. The summed E-state index contributed by atoms with van der Waals surface area (Å²) >= 11 is 1.48. The molecule has 0 radical (unpaired) electrons. The molecule has 11 heteroatoms. The summed E-state index contributed by atoms with van der Waals surface area (Å²) in [6.45, 7) is 0. The highest BCUT2D eigenvalue weighted by molar-refractivity contribution is 7.90. The normalized spacial score (nSPS) is 14.6. The van der Waals surface area contributed by atoms with Crippen LogP contribution in [0.3, 0.4) is 0 Å². The number of hydrogen-bond acceptors (Lipinski definition) is 9. The molecular weight excluding hydrogens is 474 g/mol. The van der Waals surface area contributed by atoms with E-state index in [1.807, 2.05) is 24.3 Å². The van der Waals surface area contributed by atoms with Crippen LogP contribution in [0.5, 0.6) is 0 Å². The van der Waals surface area contributed by atoms with Crippen LogP contribution in [0.25, 0.3) is 21.3 Å². The second-order valence-electron chi connectivity index (χ2n) is 8.28. The van der Waals surface area contributed by atoms with Gasteiger partial charge in [0.1, 0.15) is 17.0 Å². The van der Waals surface area contributed by atoms with Crippen molar-refractivity contribution in [2.75, 3.05) is 6.26 Å². The number of aromatic nitrogens is 3. The molecule has 4 aromatic rings. The van der Waals surface area contributed by atoms with Crippen LogP contribution in [-0.2, 0) is 27.5 Å². The van der Waals surface area contributed by atoms with Crippen LogP contribution in [0.4, 0.5) is 0 Å². The van der Waals surface area contributed by atoms with Crippen LogP contribution in [0, 0.1) is 11.3 Å². The molecule has 2 aromatic heterocycles. The minimum atomic E-state index is -3.29. The number of nitrogens with one attached hydrogen (secondary N) is 1. The molecular formula is C23H19N5O4S2. The van der Waals surface area contributed by atoms with E-state index in [0.717, 1.165) is 26.4 Å². The van der Waals surface area contributed by atoms with Crippen LogP contribution in [0.1, 0.15) is 29.6 Å². The fraction of sp³-hybridized carbons (Fsp3) is 0.261. The summed E-state index contributed by atoms with van der Waals surface area (Å²) in [7, 11) is -3.29. The first-order valence-electron chi connectivity index (χ1n) is 10.5. The van der Waals surface area contributed by atoms with Crippen molar-refractivity contribution in [1.29, 1.82) is 5.26 Å². The van der Waals surface area contributed by atoms with Crippen LogP contribution < -0.4 is 5.32 Å². The monoisotopic (exact) mass is 493 g/mol. The van der Waals surface area contributed by atoms with Crippen LogP contribution >= 0.6 is 11.3 Å². The molecule has 5 rings (SSSR count). The summed E-state index contributed by atoms with van der Waals surface area (Å²) in [6, 6.07) is 14.7. The number of nitrogens with zero attached hydrogens (tertiary/aromatic N) is 4. The molecule has 0 bridgehead atoms. The van der Waals surface area contributed by atoms with Gasteiger partial charge in [-0.25, -0.2) is 13.4 Å². The molecule has 0 saturated heterocycles. The fourth-order valence-electron chi connectivity index (χ4n) is 3.53. The van der Waals surface area contributed by atoms with Gasteiger partial charge >= 0.3 is 0 Å². The Bertz CT molecular complexity index is 1560. The van der Waals surface area contributed by atoms with Gasteiger partial charge in [0.2, 0.25) is 17.7 Å². The Kier molecular flexibility index (Phi) is 5.42. The highest BCUT2D eigenvalue weighted by Gasteiger charge is 2.44. The van der Waals surface area contributed by atoms with E-state index in [1.165, 1.54) is 17.6 Å². The molecule has 34 heavy (non-hydrogen) atoms. The van der Waals surface area contributed by atoms with Crippen molar-refractivity contribution in [3.8, 4) is 17.2 Å². The second kappa shape index (κ2) is 8.30. The zero-order valence-corrected chi connectivity index (χ0v) is 19.7. The smallest absolute Gasteiger partial charge is 0.230 e. The topological polar surface area (TPSA) is 139 Å².